The van der Waals surface area contributed by atoms with E-state index in [-0.39, 0.29) is 16.5 Å². The van der Waals surface area contributed by atoms with Crippen LogP contribution in [0.15, 0.2) is 0 Å². The first-order valence-electron chi connectivity index (χ1n) is 7.89. The Balaban J connectivity index is 4.78. The first-order valence-corrected chi connectivity index (χ1v) is 15.2. The molecule has 1 nitrogen and oxygen atoms in total. The molecule has 0 fully saturated rings. The fraction of sp³-hybridized carbons (Fsp3) is 0.706. The van der Waals surface area contributed by atoms with Crippen LogP contribution in [0.1, 0.15) is 26.7 Å². The molecule has 22 heavy (non-hydrogen) atoms. The molecule has 0 amide bonds. The van der Waals surface area contributed by atoms with Crippen molar-refractivity contribution in [1.82, 2.24) is 0 Å². The highest BCUT2D eigenvalue weighted by molar-refractivity contribution is 6.86. The zero-order valence-corrected chi connectivity index (χ0v) is 18.2. The molecule has 0 spiro atoms. The summed E-state index contributed by atoms with van der Waals surface area (Å²) in [4.78, 5) is 11.9. The monoisotopic (exact) mass is 374 g/mol. The van der Waals surface area contributed by atoms with E-state index in [1.165, 1.54) is 0 Å². The lowest BCUT2D eigenvalue weighted by molar-refractivity contribution is -0.108. The molecule has 0 N–H and O–H groups in total. The Morgan fingerprint density at radius 2 is 1.18 bits per heavy atom. The van der Waals surface area contributed by atoms with Gasteiger partial charge in [0.15, 0.2) is 0 Å². The summed E-state index contributed by atoms with van der Waals surface area (Å²) < 4.78 is 0. The van der Waals surface area contributed by atoms with Crippen LogP contribution in [0.4, 0.5) is 0 Å². The number of carbonyl (C=O) groups excluding carboxylic acids is 1. The van der Waals surface area contributed by atoms with Crippen molar-refractivity contribution in [2.75, 3.05) is 0 Å². The normalized spacial score (nSPS) is 14.2. The van der Waals surface area contributed by atoms with Gasteiger partial charge in [0.1, 0.15) is 16.1 Å². The largest absolute Gasteiger partial charge is 0.277 e. The first-order chi connectivity index (χ1) is 10.0. The predicted octanol–water partition coefficient (Wildman–Crippen LogP) is 5.09. The minimum atomic E-state index is -1.75. The van der Waals surface area contributed by atoms with Crippen molar-refractivity contribution in [1.29, 1.82) is 0 Å². The van der Waals surface area contributed by atoms with Crippen molar-refractivity contribution < 1.29 is 4.79 Å². The van der Waals surface area contributed by atoms with Gasteiger partial charge in [0.2, 0.25) is 0 Å². The van der Waals surface area contributed by atoms with E-state index in [0.29, 0.717) is 0 Å². The van der Waals surface area contributed by atoms with Crippen LogP contribution in [-0.2, 0) is 4.79 Å². The van der Waals surface area contributed by atoms with E-state index in [1.54, 1.807) is 0 Å². The van der Waals surface area contributed by atoms with Crippen LogP contribution >= 0.6 is 23.2 Å². The minimum absolute atomic E-state index is 0.151. The SMILES string of the molecule is CCC(Cl)C[Si](C)(C)C#CC(=O)C#C[Si](C)(C)CC(Cl)CC. The Morgan fingerprint density at radius 1 is 0.864 bits per heavy atom. The second-order valence-corrected chi connectivity index (χ2v) is 17.1. The molecule has 0 bridgehead atoms. The molecule has 0 rings (SSSR count). The molecule has 0 saturated carbocycles. The summed E-state index contributed by atoms with van der Waals surface area (Å²) in [5, 5.41) is 0.302. The number of ketones is 1. The molecule has 0 aliphatic rings. The maximum Gasteiger partial charge on any atom is 0.277 e. The Bertz CT molecular complexity index is 448. The molecular weight excluding hydrogens is 347 g/mol. The lowest BCUT2D eigenvalue weighted by atomic mass is 10.4. The molecule has 0 aromatic carbocycles. The van der Waals surface area contributed by atoms with E-state index < -0.39 is 16.1 Å². The number of alkyl halides is 2. The molecular formula is C17H28Cl2OSi2. The molecule has 0 aliphatic carbocycles. The van der Waals surface area contributed by atoms with Crippen LogP contribution in [0.25, 0.3) is 0 Å². The zero-order chi connectivity index (χ0) is 17.4. The summed E-state index contributed by atoms with van der Waals surface area (Å²) in [5.74, 6) is 5.17. The Morgan fingerprint density at radius 3 is 1.45 bits per heavy atom. The third-order valence-corrected chi connectivity index (χ3v) is 9.45. The predicted molar refractivity (Wildman–Crippen MR) is 105 cm³/mol. The van der Waals surface area contributed by atoms with Crippen LogP contribution in [-0.4, -0.2) is 32.7 Å². The van der Waals surface area contributed by atoms with E-state index in [4.69, 9.17) is 23.2 Å². The Kier molecular flexibility index (Phi) is 9.75. The van der Waals surface area contributed by atoms with E-state index >= 15 is 0 Å². The number of carbonyl (C=O) groups is 1. The lowest BCUT2D eigenvalue weighted by Gasteiger charge is -2.17. The molecule has 0 aliphatic heterocycles. The van der Waals surface area contributed by atoms with Gasteiger partial charge in [0.25, 0.3) is 5.78 Å². The third-order valence-electron chi connectivity index (χ3n) is 3.38. The van der Waals surface area contributed by atoms with Gasteiger partial charge in [-0.05, 0) is 36.8 Å². The second-order valence-electron chi connectivity index (χ2n) is 7.02. The fourth-order valence-electron chi connectivity index (χ4n) is 1.98. The Hall–Kier alpha value is -0.196. The standard InChI is InChI=1S/C17H28Cl2OSi2/c1-7-15(18)13-21(3,4)11-9-17(20)10-12-22(5,6)14-16(19)8-2/h15-16H,7-8,13-14H2,1-6H3. The number of halogens is 2. The summed E-state index contributed by atoms with van der Waals surface area (Å²) in [6.45, 7) is 12.7. The van der Waals surface area contributed by atoms with Gasteiger partial charge in [0.05, 0.1) is 0 Å². The average molecular weight is 375 g/mol. The van der Waals surface area contributed by atoms with Gasteiger partial charge in [-0.25, -0.2) is 0 Å². The van der Waals surface area contributed by atoms with Crippen molar-refractivity contribution in [3.63, 3.8) is 0 Å². The van der Waals surface area contributed by atoms with Gasteiger partial charge in [-0.1, -0.05) is 40.0 Å². The fourth-order valence-corrected chi connectivity index (χ4v) is 8.20. The Labute approximate surface area is 148 Å². The molecule has 0 heterocycles. The van der Waals surface area contributed by atoms with Crippen molar-refractivity contribution in [2.45, 2.75) is 75.7 Å². The molecule has 0 radical (unpaired) electrons. The highest BCUT2D eigenvalue weighted by Gasteiger charge is 2.23. The maximum absolute atomic E-state index is 11.9. The van der Waals surface area contributed by atoms with Crippen molar-refractivity contribution in [3.8, 4) is 22.9 Å². The maximum atomic E-state index is 11.9. The summed E-state index contributed by atoms with van der Waals surface area (Å²) in [5.41, 5.74) is 6.31. The van der Waals surface area contributed by atoms with E-state index in [1.807, 2.05) is 0 Å². The van der Waals surface area contributed by atoms with Gasteiger partial charge < -0.3 is 0 Å². The van der Waals surface area contributed by atoms with Crippen LogP contribution in [0.2, 0.25) is 38.3 Å². The molecule has 2 unspecified atom stereocenters. The number of rotatable bonds is 6. The lowest BCUT2D eigenvalue weighted by Crippen LogP contribution is -2.28. The van der Waals surface area contributed by atoms with E-state index in [0.717, 1.165) is 24.9 Å². The van der Waals surface area contributed by atoms with Crippen LogP contribution in [0.3, 0.4) is 0 Å². The van der Waals surface area contributed by atoms with Crippen LogP contribution < -0.4 is 0 Å². The van der Waals surface area contributed by atoms with Gasteiger partial charge >= 0.3 is 0 Å². The molecule has 0 saturated heterocycles. The third kappa shape index (κ3) is 10.5. The zero-order valence-electron chi connectivity index (χ0n) is 14.6. The second kappa shape index (κ2) is 9.83. The summed E-state index contributed by atoms with van der Waals surface area (Å²) >= 11 is 12.4. The number of Topliss-reactive ketones (excluding diaryl/α,β-unsaturated/α-hetero) is 1. The number of hydrogen-bond acceptors (Lipinski definition) is 1. The minimum Gasteiger partial charge on any atom is -0.270 e. The van der Waals surface area contributed by atoms with Gasteiger partial charge in [-0.3, -0.25) is 4.79 Å². The smallest absolute Gasteiger partial charge is 0.270 e. The van der Waals surface area contributed by atoms with Crippen LogP contribution in [0.5, 0.6) is 0 Å². The van der Waals surface area contributed by atoms with Gasteiger partial charge in [0, 0.05) is 10.8 Å². The molecule has 124 valence electrons. The highest BCUT2D eigenvalue weighted by atomic mass is 35.5. The molecule has 2 atom stereocenters. The van der Waals surface area contributed by atoms with Gasteiger partial charge in [-0.2, -0.15) is 0 Å². The summed E-state index contributed by atoms with van der Waals surface area (Å²) in [6, 6.07) is 1.81. The van der Waals surface area contributed by atoms with E-state index in [2.05, 4.69) is 63.0 Å². The van der Waals surface area contributed by atoms with Crippen molar-refractivity contribution >= 4 is 45.1 Å². The highest BCUT2D eigenvalue weighted by Crippen LogP contribution is 2.18. The quantitative estimate of drug-likeness (QED) is 0.359. The molecule has 0 aromatic rings. The van der Waals surface area contributed by atoms with Crippen LogP contribution in [0, 0.1) is 22.9 Å². The number of hydrogen-bond donors (Lipinski definition) is 0. The molecule has 0 aromatic heterocycles. The first kappa shape index (κ1) is 21.8. The average Bonchev–Trinajstić information content (AvgIpc) is 2.42. The molecule has 5 heteroatoms. The van der Waals surface area contributed by atoms with Gasteiger partial charge in [-0.15, -0.1) is 34.3 Å². The summed E-state index contributed by atoms with van der Waals surface area (Å²) in [6.07, 6.45) is 1.87. The van der Waals surface area contributed by atoms with E-state index in [9.17, 15) is 4.79 Å². The topological polar surface area (TPSA) is 17.1 Å². The van der Waals surface area contributed by atoms with Crippen molar-refractivity contribution in [2.24, 2.45) is 0 Å². The van der Waals surface area contributed by atoms with Crippen molar-refractivity contribution in [3.05, 3.63) is 0 Å². The summed E-state index contributed by atoms with van der Waals surface area (Å²) in [7, 11) is -3.50.